The lowest BCUT2D eigenvalue weighted by Gasteiger charge is -2.08. The third-order valence-corrected chi connectivity index (χ3v) is 1.95. The predicted molar refractivity (Wildman–Crippen MR) is 51.8 cm³/mol. The summed E-state index contributed by atoms with van der Waals surface area (Å²) >= 11 is 0. The minimum absolute atomic E-state index is 0.132. The Balaban J connectivity index is 3.38. The van der Waals surface area contributed by atoms with Crippen LogP contribution in [0.15, 0.2) is 0 Å². The normalized spacial score (nSPS) is 12.8. The van der Waals surface area contributed by atoms with Crippen LogP contribution in [0.5, 0.6) is 0 Å². The molecule has 0 aliphatic carbocycles. The van der Waals surface area contributed by atoms with Crippen molar-refractivity contribution < 1.29 is 14.3 Å². The quantitative estimate of drug-likeness (QED) is 0.543. The molecule has 3 nitrogen and oxygen atoms in total. The highest BCUT2D eigenvalue weighted by atomic mass is 16.5. The van der Waals surface area contributed by atoms with E-state index >= 15 is 0 Å². The molecule has 1 unspecified atom stereocenters. The number of carbonyl (C=O) groups excluding carboxylic acids is 1. The minimum atomic E-state index is 0.132. The van der Waals surface area contributed by atoms with Gasteiger partial charge in [-0.05, 0) is 6.42 Å². The lowest BCUT2D eigenvalue weighted by molar-refractivity contribution is -0.127. The van der Waals surface area contributed by atoms with Gasteiger partial charge in [0.25, 0.3) is 0 Å². The van der Waals surface area contributed by atoms with E-state index in [2.05, 4.69) is 6.92 Å². The Hall–Kier alpha value is -0.410. The molecule has 0 saturated carbocycles. The molecule has 0 aliphatic heterocycles. The van der Waals surface area contributed by atoms with Crippen molar-refractivity contribution in [3.8, 4) is 0 Å². The third-order valence-electron chi connectivity index (χ3n) is 1.95. The summed E-state index contributed by atoms with van der Waals surface area (Å²) in [5.74, 6) is 0.325. The van der Waals surface area contributed by atoms with E-state index in [1.807, 2.05) is 6.92 Å². The van der Waals surface area contributed by atoms with Crippen LogP contribution in [-0.4, -0.2) is 32.7 Å². The van der Waals surface area contributed by atoms with Gasteiger partial charge in [-0.25, -0.2) is 0 Å². The molecular weight excluding hydrogens is 168 g/mol. The summed E-state index contributed by atoms with van der Waals surface area (Å²) in [4.78, 5) is 11.3. The van der Waals surface area contributed by atoms with Crippen molar-refractivity contribution in [1.82, 2.24) is 0 Å². The molecule has 0 aromatic rings. The van der Waals surface area contributed by atoms with Crippen LogP contribution in [-0.2, 0) is 14.3 Å². The van der Waals surface area contributed by atoms with Gasteiger partial charge in [0.05, 0.1) is 13.2 Å². The van der Waals surface area contributed by atoms with Crippen LogP contribution in [0.1, 0.15) is 26.7 Å². The van der Waals surface area contributed by atoms with Gasteiger partial charge in [-0.15, -0.1) is 0 Å². The van der Waals surface area contributed by atoms with Gasteiger partial charge in [0.15, 0.2) is 5.78 Å². The SMILES string of the molecule is CCCC(C)C(=O)COCCOC. The highest BCUT2D eigenvalue weighted by Gasteiger charge is 2.11. The molecule has 0 aromatic carbocycles. The summed E-state index contributed by atoms with van der Waals surface area (Å²) < 4.78 is 9.92. The first-order valence-corrected chi connectivity index (χ1v) is 4.81. The van der Waals surface area contributed by atoms with Crippen molar-refractivity contribution >= 4 is 5.78 Å². The zero-order valence-electron chi connectivity index (χ0n) is 8.84. The molecule has 0 heterocycles. The first-order chi connectivity index (χ1) is 6.22. The van der Waals surface area contributed by atoms with E-state index in [1.54, 1.807) is 7.11 Å². The topological polar surface area (TPSA) is 35.5 Å². The average Bonchev–Trinajstić information content (AvgIpc) is 2.12. The second-order valence-corrected chi connectivity index (χ2v) is 3.20. The van der Waals surface area contributed by atoms with Crippen molar-refractivity contribution in [2.45, 2.75) is 26.7 Å². The molecule has 3 heteroatoms. The predicted octanol–water partition coefficient (Wildman–Crippen LogP) is 1.65. The maximum Gasteiger partial charge on any atom is 0.161 e. The molecule has 13 heavy (non-hydrogen) atoms. The second-order valence-electron chi connectivity index (χ2n) is 3.20. The van der Waals surface area contributed by atoms with Crippen molar-refractivity contribution in [3.63, 3.8) is 0 Å². The van der Waals surface area contributed by atoms with Gasteiger partial charge in [0, 0.05) is 13.0 Å². The zero-order valence-corrected chi connectivity index (χ0v) is 8.84. The number of Topliss-reactive ketones (excluding diaryl/α,β-unsaturated/α-hetero) is 1. The number of hydrogen-bond acceptors (Lipinski definition) is 3. The summed E-state index contributed by atoms with van der Waals surface area (Å²) in [6.45, 7) is 5.31. The van der Waals surface area contributed by atoms with E-state index < -0.39 is 0 Å². The van der Waals surface area contributed by atoms with Crippen LogP contribution in [0.3, 0.4) is 0 Å². The molecule has 1 atom stereocenters. The molecule has 0 radical (unpaired) electrons. The van der Waals surface area contributed by atoms with E-state index in [0.717, 1.165) is 12.8 Å². The number of hydrogen-bond donors (Lipinski definition) is 0. The first kappa shape index (κ1) is 12.6. The number of carbonyl (C=O) groups is 1. The average molecular weight is 188 g/mol. The third kappa shape index (κ3) is 6.72. The molecule has 0 amide bonds. The van der Waals surface area contributed by atoms with Gasteiger partial charge in [0.2, 0.25) is 0 Å². The van der Waals surface area contributed by atoms with Gasteiger partial charge in [-0.2, -0.15) is 0 Å². The molecule has 0 saturated heterocycles. The Labute approximate surface area is 80.4 Å². The fraction of sp³-hybridized carbons (Fsp3) is 0.900. The van der Waals surface area contributed by atoms with Gasteiger partial charge in [0.1, 0.15) is 6.61 Å². The smallest absolute Gasteiger partial charge is 0.161 e. The second kappa shape index (κ2) is 8.20. The Bertz CT molecular complexity index is 134. The molecule has 0 fully saturated rings. The number of rotatable bonds is 8. The molecule has 0 aliphatic rings. The van der Waals surface area contributed by atoms with Gasteiger partial charge < -0.3 is 9.47 Å². The highest BCUT2D eigenvalue weighted by molar-refractivity contribution is 5.81. The molecule has 0 aromatic heterocycles. The molecular formula is C10H20O3. The summed E-state index contributed by atoms with van der Waals surface area (Å²) in [6, 6.07) is 0. The first-order valence-electron chi connectivity index (χ1n) is 4.81. The zero-order chi connectivity index (χ0) is 10.1. The maximum absolute atomic E-state index is 11.3. The van der Waals surface area contributed by atoms with E-state index in [-0.39, 0.29) is 18.3 Å². The lowest BCUT2D eigenvalue weighted by atomic mass is 10.0. The number of ether oxygens (including phenoxy) is 2. The minimum Gasteiger partial charge on any atom is -0.382 e. The van der Waals surface area contributed by atoms with Crippen LogP contribution >= 0.6 is 0 Å². The van der Waals surface area contributed by atoms with Gasteiger partial charge in [-0.3, -0.25) is 4.79 Å². The molecule has 0 rings (SSSR count). The van der Waals surface area contributed by atoms with Crippen LogP contribution in [0, 0.1) is 5.92 Å². The van der Waals surface area contributed by atoms with Crippen LogP contribution < -0.4 is 0 Å². The molecule has 0 N–H and O–H groups in total. The standard InChI is InChI=1S/C10H20O3/c1-4-5-9(2)10(11)8-13-7-6-12-3/h9H,4-8H2,1-3H3. The lowest BCUT2D eigenvalue weighted by Crippen LogP contribution is -2.18. The Morgan fingerprint density at radius 3 is 2.62 bits per heavy atom. The van der Waals surface area contributed by atoms with Crippen molar-refractivity contribution in [2.24, 2.45) is 5.92 Å². The summed E-state index contributed by atoms with van der Waals surface area (Å²) in [5, 5.41) is 0. The van der Waals surface area contributed by atoms with Gasteiger partial charge in [-0.1, -0.05) is 20.3 Å². The van der Waals surface area contributed by atoms with Crippen LogP contribution in [0.2, 0.25) is 0 Å². The summed E-state index contributed by atoms with van der Waals surface area (Å²) in [6.07, 6.45) is 2.00. The number of ketones is 1. The Morgan fingerprint density at radius 2 is 2.08 bits per heavy atom. The van der Waals surface area contributed by atoms with Crippen molar-refractivity contribution in [1.29, 1.82) is 0 Å². The summed E-state index contributed by atoms with van der Waals surface area (Å²) in [5.41, 5.74) is 0. The number of methoxy groups -OCH3 is 1. The van der Waals surface area contributed by atoms with E-state index in [0.29, 0.717) is 13.2 Å². The molecule has 0 bridgehead atoms. The summed E-state index contributed by atoms with van der Waals surface area (Å²) in [7, 11) is 1.62. The van der Waals surface area contributed by atoms with Gasteiger partial charge >= 0.3 is 0 Å². The molecule has 0 spiro atoms. The van der Waals surface area contributed by atoms with Crippen molar-refractivity contribution in [3.05, 3.63) is 0 Å². The monoisotopic (exact) mass is 188 g/mol. The van der Waals surface area contributed by atoms with Crippen LogP contribution in [0.25, 0.3) is 0 Å². The largest absolute Gasteiger partial charge is 0.382 e. The van der Waals surface area contributed by atoms with Crippen molar-refractivity contribution in [2.75, 3.05) is 26.9 Å². The maximum atomic E-state index is 11.3. The highest BCUT2D eigenvalue weighted by Crippen LogP contribution is 2.06. The molecule has 78 valence electrons. The van der Waals surface area contributed by atoms with E-state index in [1.165, 1.54) is 0 Å². The fourth-order valence-electron chi connectivity index (χ4n) is 1.05. The van der Waals surface area contributed by atoms with Crippen LogP contribution in [0.4, 0.5) is 0 Å². The Morgan fingerprint density at radius 1 is 1.38 bits per heavy atom. The fourth-order valence-corrected chi connectivity index (χ4v) is 1.05. The Kier molecular flexibility index (Phi) is 7.94. The van der Waals surface area contributed by atoms with E-state index in [9.17, 15) is 4.79 Å². The van der Waals surface area contributed by atoms with E-state index in [4.69, 9.17) is 9.47 Å².